The molecule has 1 aromatic carbocycles. The fourth-order valence-electron chi connectivity index (χ4n) is 3.56. The second kappa shape index (κ2) is 7.61. The molecule has 0 atom stereocenters. The summed E-state index contributed by atoms with van der Waals surface area (Å²) in [5.41, 5.74) is 3.54. The maximum absolute atomic E-state index is 13.0. The summed E-state index contributed by atoms with van der Waals surface area (Å²) in [5.74, 6) is -0.117. The van der Waals surface area contributed by atoms with Gasteiger partial charge >= 0.3 is 0 Å². The minimum Gasteiger partial charge on any atom is -0.347 e. The largest absolute Gasteiger partial charge is 0.347 e. The van der Waals surface area contributed by atoms with Crippen LogP contribution in [0.2, 0.25) is 0 Å². The Hall–Kier alpha value is -3.71. The molecule has 0 fully saturated rings. The Morgan fingerprint density at radius 3 is 2.63 bits per heavy atom. The maximum Gasteiger partial charge on any atom is 0.276 e. The van der Waals surface area contributed by atoms with E-state index in [0.717, 1.165) is 16.0 Å². The second-order valence-corrected chi connectivity index (χ2v) is 7.99. The first-order chi connectivity index (χ1) is 14.7. The van der Waals surface area contributed by atoms with Crippen LogP contribution in [-0.2, 0) is 13.1 Å². The number of rotatable bonds is 5. The van der Waals surface area contributed by atoms with E-state index in [1.165, 1.54) is 0 Å². The van der Waals surface area contributed by atoms with E-state index in [1.54, 1.807) is 34.2 Å². The van der Waals surface area contributed by atoms with Gasteiger partial charge in [-0.1, -0.05) is 18.2 Å². The lowest BCUT2D eigenvalue weighted by Gasteiger charge is -2.12. The van der Waals surface area contributed by atoms with Crippen LogP contribution in [0.4, 0.5) is 0 Å². The summed E-state index contributed by atoms with van der Waals surface area (Å²) in [7, 11) is 0. The van der Waals surface area contributed by atoms with Crippen LogP contribution in [-0.4, -0.2) is 19.9 Å². The van der Waals surface area contributed by atoms with Crippen molar-refractivity contribution in [2.45, 2.75) is 13.1 Å². The highest BCUT2D eigenvalue weighted by Gasteiger charge is 2.12. The van der Waals surface area contributed by atoms with E-state index < -0.39 is 0 Å². The molecule has 4 aromatic heterocycles. The van der Waals surface area contributed by atoms with Crippen LogP contribution in [0.1, 0.15) is 20.8 Å². The molecule has 0 saturated heterocycles. The third-order valence-electron chi connectivity index (χ3n) is 5.05. The highest BCUT2D eigenvalue weighted by Crippen LogP contribution is 2.15. The van der Waals surface area contributed by atoms with Crippen molar-refractivity contribution in [2.75, 3.05) is 0 Å². The number of hydrogen-bond acceptors (Lipinski definition) is 4. The van der Waals surface area contributed by atoms with Crippen molar-refractivity contribution >= 4 is 33.9 Å². The van der Waals surface area contributed by atoms with Gasteiger partial charge in [-0.25, -0.2) is 4.98 Å². The van der Waals surface area contributed by atoms with Gasteiger partial charge in [-0.15, -0.1) is 11.3 Å². The molecule has 148 valence electrons. The van der Waals surface area contributed by atoms with Crippen molar-refractivity contribution in [1.82, 2.24) is 19.3 Å². The molecule has 1 amide bonds. The van der Waals surface area contributed by atoms with Crippen molar-refractivity contribution in [2.24, 2.45) is 0 Å². The van der Waals surface area contributed by atoms with Gasteiger partial charge < -0.3 is 9.72 Å². The maximum atomic E-state index is 13.0. The number of nitrogens with one attached hydrogen (secondary N) is 1. The number of benzene rings is 1. The van der Waals surface area contributed by atoms with E-state index >= 15 is 0 Å². The molecule has 6 nitrogen and oxygen atoms in total. The van der Waals surface area contributed by atoms with Crippen LogP contribution < -0.4 is 10.9 Å². The summed E-state index contributed by atoms with van der Waals surface area (Å²) in [6.45, 7) is 0.897. The Bertz CT molecular complexity index is 1400. The predicted molar refractivity (Wildman–Crippen MR) is 118 cm³/mol. The molecule has 0 unspecified atom stereocenters. The summed E-state index contributed by atoms with van der Waals surface area (Å²) < 4.78 is 3.54. The van der Waals surface area contributed by atoms with Gasteiger partial charge in [0.05, 0.1) is 18.6 Å². The minimum atomic E-state index is -0.117. The molecule has 0 saturated carbocycles. The van der Waals surface area contributed by atoms with Crippen LogP contribution >= 0.6 is 11.3 Å². The van der Waals surface area contributed by atoms with Crippen molar-refractivity contribution in [1.29, 1.82) is 0 Å². The van der Waals surface area contributed by atoms with Gasteiger partial charge in [-0.2, -0.15) is 0 Å². The van der Waals surface area contributed by atoms with Crippen LogP contribution in [0.25, 0.3) is 16.7 Å². The number of carbonyl (C=O) groups is 1. The molecule has 0 aliphatic heterocycles. The van der Waals surface area contributed by atoms with E-state index in [4.69, 9.17) is 0 Å². The fraction of sp³-hybridized carbons (Fsp3) is 0.0870. The van der Waals surface area contributed by atoms with Crippen molar-refractivity contribution < 1.29 is 4.79 Å². The molecule has 7 heteroatoms. The third-order valence-corrected chi connectivity index (χ3v) is 5.93. The molecule has 0 radical (unpaired) electrons. The molecule has 4 heterocycles. The summed E-state index contributed by atoms with van der Waals surface area (Å²) in [6.07, 6.45) is 3.56. The van der Waals surface area contributed by atoms with E-state index in [1.807, 2.05) is 64.5 Å². The lowest BCUT2D eigenvalue weighted by Crippen LogP contribution is -2.24. The summed E-state index contributed by atoms with van der Waals surface area (Å²) >= 11 is 1.61. The van der Waals surface area contributed by atoms with Crippen molar-refractivity contribution in [3.05, 3.63) is 105 Å². The Kier molecular flexibility index (Phi) is 4.65. The Morgan fingerprint density at radius 1 is 1.00 bits per heavy atom. The summed E-state index contributed by atoms with van der Waals surface area (Å²) in [4.78, 5) is 31.0. The second-order valence-electron chi connectivity index (χ2n) is 6.96. The summed E-state index contributed by atoms with van der Waals surface area (Å²) in [5, 5.41) is 4.91. The molecule has 0 spiro atoms. The standard InChI is InChI=1S/C23H18N4O2S/c28-22(25-14-18-4-3-13-30-18)17-9-7-16(8-10-17)15-27-21-19(5-1-11-24-21)26-12-2-6-20(26)23(27)29/h1-13H,14-15H2,(H,25,28). The van der Waals surface area contributed by atoms with E-state index in [2.05, 4.69) is 10.3 Å². The zero-order chi connectivity index (χ0) is 20.5. The first-order valence-electron chi connectivity index (χ1n) is 9.55. The van der Waals surface area contributed by atoms with Crippen LogP contribution in [0.5, 0.6) is 0 Å². The smallest absolute Gasteiger partial charge is 0.276 e. The van der Waals surface area contributed by atoms with Gasteiger partial charge in [-0.3, -0.25) is 14.2 Å². The number of fused-ring (bicyclic) bond motifs is 3. The number of nitrogens with zero attached hydrogens (tertiary/aromatic N) is 3. The molecule has 0 bridgehead atoms. The minimum absolute atomic E-state index is 0.0935. The zero-order valence-corrected chi connectivity index (χ0v) is 16.8. The Morgan fingerprint density at radius 2 is 1.83 bits per heavy atom. The Labute approximate surface area is 176 Å². The van der Waals surface area contributed by atoms with Gasteiger partial charge in [-0.05, 0) is 53.4 Å². The van der Waals surface area contributed by atoms with Crippen LogP contribution in [0.3, 0.4) is 0 Å². The van der Waals surface area contributed by atoms with Gasteiger partial charge in [0.25, 0.3) is 11.5 Å². The molecule has 5 rings (SSSR count). The topological polar surface area (TPSA) is 68.4 Å². The SMILES string of the molecule is O=C(NCc1cccs1)c1ccc(Cn2c(=O)c3cccn3c3cccnc32)cc1. The third kappa shape index (κ3) is 3.29. The van der Waals surface area contributed by atoms with Crippen molar-refractivity contribution in [3.63, 3.8) is 0 Å². The highest BCUT2D eigenvalue weighted by atomic mass is 32.1. The summed E-state index contributed by atoms with van der Waals surface area (Å²) in [6, 6.07) is 18.8. The quantitative estimate of drug-likeness (QED) is 0.477. The van der Waals surface area contributed by atoms with Crippen molar-refractivity contribution in [3.8, 4) is 0 Å². The van der Waals surface area contributed by atoms with Crippen LogP contribution in [0.15, 0.2) is 83.2 Å². The average molecular weight is 414 g/mol. The number of carbonyl (C=O) groups excluding carboxylic acids is 1. The van der Waals surface area contributed by atoms with E-state index in [-0.39, 0.29) is 11.5 Å². The van der Waals surface area contributed by atoms with Crippen LogP contribution in [0, 0.1) is 0 Å². The van der Waals surface area contributed by atoms with Gasteiger partial charge in [0.15, 0.2) is 5.65 Å². The van der Waals surface area contributed by atoms with Gasteiger partial charge in [0.2, 0.25) is 0 Å². The van der Waals surface area contributed by atoms with Gasteiger partial charge in [0.1, 0.15) is 5.52 Å². The number of amides is 1. The van der Waals surface area contributed by atoms with E-state index in [0.29, 0.717) is 29.8 Å². The zero-order valence-electron chi connectivity index (χ0n) is 16.0. The van der Waals surface area contributed by atoms with Gasteiger partial charge in [0, 0.05) is 22.8 Å². The molecular weight excluding hydrogens is 396 g/mol. The molecule has 0 aliphatic carbocycles. The number of thiophene rings is 1. The average Bonchev–Trinajstić information content (AvgIpc) is 3.48. The molecule has 5 aromatic rings. The van der Waals surface area contributed by atoms with E-state index in [9.17, 15) is 9.59 Å². The first kappa shape index (κ1) is 18.3. The lowest BCUT2D eigenvalue weighted by atomic mass is 10.1. The monoisotopic (exact) mass is 414 g/mol. The fourth-order valence-corrected chi connectivity index (χ4v) is 4.20. The Balaban J connectivity index is 1.42. The lowest BCUT2D eigenvalue weighted by molar-refractivity contribution is 0.0951. The number of pyridine rings is 1. The number of aromatic nitrogens is 3. The predicted octanol–water partition coefficient (Wildman–Crippen LogP) is 3.69. The first-order valence-corrected chi connectivity index (χ1v) is 10.4. The normalized spacial score (nSPS) is 11.2. The molecule has 30 heavy (non-hydrogen) atoms. The molecular formula is C23H18N4O2S. The molecule has 0 aliphatic rings. The highest BCUT2D eigenvalue weighted by molar-refractivity contribution is 7.09. The number of hydrogen-bond donors (Lipinski definition) is 1. The molecule has 1 N–H and O–H groups in total.